The van der Waals surface area contributed by atoms with Gasteiger partial charge in [0.15, 0.2) is 0 Å². The molecule has 1 rings (SSSR count). The number of methoxy groups -OCH3 is 1. The Kier molecular flexibility index (Phi) is 4.70. The van der Waals surface area contributed by atoms with Gasteiger partial charge in [-0.2, -0.15) is 0 Å². The zero-order valence-electron chi connectivity index (χ0n) is 10.9. The van der Waals surface area contributed by atoms with E-state index in [9.17, 15) is 4.79 Å². The Morgan fingerprint density at radius 2 is 1.94 bits per heavy atom. The number of benzene rings is 1. The van der Waals surface area contributed by atoms with Crippen LogP contribution in [0.25, 0.3) is 0 Å². The summed E-state index contributed by atoms with van der Waals surface area (Å²) in [6.45, 7) is 6.57. The Labute approximate surface area is 103 Å². The van der Waals surface area contributed by atoms with Crippen molar-refractivity contribution in [2.24, 2.45) is 0 Å². The van der Waals surface area contributed by atoms with Crippen molar-refractivity contribution < 1.29 is 14.3 Å². The molecule has 0 fully saturated rings. The molecule has 0 saturated carbocycles. The number of hydrogen-bond acceptors (Lipinski definition) is 3. The van der Waals surface area contributed by atoms with E-state index in [1.807, 2.05) is 32.0 Å². The molecule has 3 nitrogen and oxygen atoms in total. The zero-order valence-corrected chi connectivity index (χ0v) is 10.9. The van der Waals surface area contributed by atoms with Crippen molar-refractivity contribution >= 4 is 5.97 Å². The Hall–Kier alpha value is -1.35. The fourth-order valence-electron chi connectivity index (χ4n) is 1.33. The predicted octanol–water partition coefficient (Wildman–Crippen LogP) is 3.18. The molecular weight excluding hydrogens is 216 g/mol. The molecule has 0 amide bonds. The third kappa shape index (κ3) is 3.86. The summed E-state index contributed by atoms with van der Waals surface area (Å²) in [4.78, 5) is 11.6. The Morgan fingerprint density at radius 3 is 2.53 bits per heavy atom. The second-order valence-corrected chi connectivity index (χ2v) is 4.55. The Bertz CT molecular complexity index is 383. The first-order valence-electron chi connectivity index (χ1n) is 5.80. The lowest BCUT2D eigenvalue weighted by molar-refractivity contribution is -0.0320. The first-order valence-corrected chi connectivity index (χ1v) is 5.80. The molecule has 0 N–H and O–H groups in total. The van der Waals surface area contributed by atoms with Crippen LogP contribution in [0.1, 0.15) is 43.1 Å². The highest BCUT2D eigenvalue weighted by Crippen LogP contribution is 2.18. The third-order valence-corrected chi connectivity index (χ3v) is 2.89. The molecule has 17 heavy (non-hydrogen) atoms. The van der Waals surface area contributed by atoms with Crippen LogP contribution in [0.15, 0.2) is 24.3 Å². The lowest BCUT2D eigenvalue weighted by Gasteiger charge is -2.24. The highest BCUT2D eigenvalue weighted by molar-refractivity contribution is 5.90. The van der Waals surface area contributed by atoms with Gasteiger partial charge in [0.2, 0.25) is 0 Å². The van der Waals surface area contributed by atoms with Gasteiger partial charge in [-0.05, 0) is 31.9 Å². The summed E-state index contributed by atoms with van der Waals surface area (Å²) < 4.78 is 10.5. The van der Waals surface area contributed by atoms with Gasteiger partial charge in [-0.3, -0.25) is 0 Å². The van der Waals surface area contributed by atoms with Crippen LogP contribution < -0.4 is 0 Å². The quantitative estimate of drug-likeness (QED) is 0.736. The number of carbonyl (C=O) groups is 1. The SMILES string of the molecule is CCC(C)(C)OCc1ccccc1C(=O)OC. The van der Waals surface area contributed by atoms with Crippen molar-refractivity contribution in [3.63, 3.8) is 0 Å². The van der Waals surface area contributed by atoms with E-state index in [4.69, 9.17) is 9.47 Å². The minimum absolute atomic E-state index is 0.177. The van der Waals surface area contributed by atoms with Crippen LogP contribution in [0.3, 0.4) is 0 Å². The van der Waals surface area contributed by atoms with Crippen molar-refractivity contribution in [3.8, 4) is 0 Å². The van der Waals surface area contributed by atoms with E-state index in [0.29, 0.717) is 12.2 Å². The number of carbonyl (C=O) groups excluding carboxylic acids is 1. The molecule has 0 bridgehead atoms. The maximum Gasteiger partial charge on any atom is 0.338 e. The number of esters is 1. The minimum atomic E-state index is -0.321. The Morgan fingerprint density at radius 1 is 1.29 bits per heavy atom. The molecular formula is C14H20O3. The first kappa shape index (κ1) is 13.7. The van der Waals surface area contributed by atoms with Gasteiger partial charge < -0.3 is 9.47 Å². The molecule has 1 aromatic rings. The maximum atomic E-state index is 11.6. The van der Waals surface area contributed by atoms with Gasteiger partial charge in [-0.1, -0.05) is 25.1 Å². The van der Waals surface area contributed by atoms with Crippen LogP contribution in [-0.2, 0) is 16.1 Å². The van der Waals surface area contributed by atoms with Gasteiger partial charge in [-0.25, -0.2) is 4.79 Å². The number of hydrogen-bond donors (Lipinski definition) is 0. The second kappa shape index (κ2) is 5.82. The second-order valence-electron chi connectivity index (χ2n) is 4.55. The highest BCUT2D eigenvalue weighted by Gasteiger charge is 2.17. The molecule has 0 unspecified atom stereocenters. The molecule has 0 aromatic heterocycles. The summed E-state index contributed by atoms with van der Waals surface area (Å²) in [5, 5.41) is 0. The van der Waals surface area contributed by atoms with Gasteiger partial charge in [0.05, 0.1) is 24.9 Å². The van der Waals surface area contributed by atoms with Crippen LogP contribution in [0.2, 0.25) is 0 Å². The average molecular weight is 236 g/mol. The van der Waals surface area contributed by atoms with Crippen LogP contribution in [-0.4, -0.2) is 18.7 Å². The molecule has 0 radical (unpaired) electrons. The predicted molar refractivity (Wildman–Crippen MR) is 66.9 cm³/mol. The van der Waals surface area contributed by atoms with E-state index in [2.05, 4.69) is 6.92 Å². The lowest BCUT2D eigenvalue weighted by Crippen LogP contribution is -2.23. The van der Waals surface area contributed by atoms with Crippen molar-refractivity contribution in [3.05, 3.63) is 35.4 Å². The van der Waals surface area contributed by atoms with Gasteiger partial charge >= 0.3 is 5.97 Å². The molecule has 0 saturated heterocycles. The van der Waals surface area contributed by atoms with E-state index < -0.39 is 0 Å². The lowest BCUT2D eigenvalue weighted by atomic mass is 10.1. The van der Waals surface area contributed by atoms with Crippen molar-refractivity contribution in [1.29, 1.82) is 0 Å². The van der Waals surface area contributed by atoms with Gasteiger partial charge in [0, 0.05) is 0 Å². The van der Waals surface area contributed by atoms with Crippen molar-refractivity contribution in [1.82, 2.24) is 0 Å². The summed E-state index contributed by atoms with van der Waals surface area (Å²) in [5.41, 5.74) is 1.26. The molecule has 0 heterocycles. The number of rotatable bonds is 5. The van der Waals surface area contributed by atoms with Gasteiger partial charge in [-0.15, -0.1) is 0 Å². The highest BCUT2D eigenvalue weighted by atomic mass is 16.5. The molecule has 94 valence electrons. The van der Waals surface area contributed by atoms with Crippen LogP contribution in [0, 0.1) is 0 Å². The Balaban J connectivity index is 2.81. The van der Waals surface area contributed by atoms with Gasteiger partial charge in [0.1, 0.15) is 0 Å². The van der Waals surface area contributed by atoms with Crippen LogP contribution >= 0.6 is 0 Å². The normalized spacial score (nSPS) is 11.3. The van der Waals surface area contributed by atoms with Crippen LogP contribution in [0.4, 0.5) is 0 Å². The average Bonchev–Trinajstić information content (AvgIpc) is 2.36. The van der Waals surface area contributed by atoms with E-state index in [1.165, 1.54) is 7.11 Å². The minimum Gasteiger partial charge on any atom is -0.465 e. The molecule has 0 spiro atoms. The smallest absolute Gasteiger partial charge is 0.338 e. The first-order chi connectivity index (χ1) is 8.00. The fraction of sp³-hybridized carbons (Fsp3) is 0.500. The van der Waals surface area contributed by atoms with Crippen LogP contribution in [0.5, 0.6) is 0 Å². The molecule has 0 aliphatic rings. The summed E-state index contributed by atoms with van der Waals surface area (Å²) in [6.07, 6.45) is 0.924. The maximum absolute atomic E-state index is 11.6. The van der Waals surface area contributed by atoms with E-state index in [-0.39, 0.29) is 11.6 Å². The molecule has 0 aliphatic heterocycles. The van der Waals surface area contributed by atoms with E-state index in [0.717, 1.165) is 12.0 Å². The summed E-state index contributed by atoms with van der Waals surface area (Å²) in [5.74, 6) is -0.321. The topological polar surface area (TPSA) is 35.5 Å². The molecule has 3 heteroatoms. The van der Waals surface area contributed by atoms with E-state index >= 15 is 0 Å². The van der Waals surface area contributed by atoms with Crippen molar-refractivity contribution in [2.45, 2.75) is 39.4 Å². The monoisotopic (exact) mass is 236 g/mol. The summed E-state index contributed by atoms with van der Waals surface area (Å²) in [6, 6.07) is 7.35. The summed E-state index contributed by atoms with van der Waals surface area (Å²) in [7, 11) is 1.38. The molecule has 0 aliphatic carbocycles. The largest absolute Gasteiger partial charge is 0.465 e. The molecule has 0 atom stereocenters. The standard InChI is InChI=1S/C14H20O3/c1-5-14(2,3)17-10-11-8-6-7-9-12(11)13(15)16-4/h6-9H,5,10H2,1-4H3. The van der Waals surface area contributed by atoms with E-state index in [1.54, 1.807) is 6.07 Å². The third-order valence-electron chi connectivity index (χ3n) is 2.89. The van der Waals surface area contributed by atoms with Crippen molar-refractivity contribution in [2.75, 3.05) is 7.11 Å². The summed E-state index contributed by atoms with van der Waals surface area (Å²) >= 11 is 0. The fourth-order valence-corrected chi connectivity index (χ4v) is 1.33. The van der Waals surface area contributed by atoms with Gasteiger partial charge in [0.25, 0.3) is 0 Å². The number of ether oxygens (including phenoxy) is 2. The molecule has 1 aromatic carbocycles. The zero-order chi connectivity index (χ0) is 12.9.